The van der Waals surface area contributed by atoms with Crippen LogP contribution in [0.2, 0.25) is 0 Å². The van der Waals surface area contributed by atoms with E-state index in [0.29, 0.717) is 0 Å². The van der Waals surface area contributed by atoms with E-state index < -0.39 is 42.3 Å². The van der Waals surface area contributed by atoms with Gasteiger partial charge in [-0.15, -0.1) is 0 Å². The van der Waals surface area contributed by atoms with Gasteiger partial charge in [-0.05, 0) is 20.8 Å². The third kappa shape index (κ3) is 8.92. The number of rotatable bonds is 9. The molecule has 0 aliphatic heterocycles. The second kappa shape index (κ2) is 12.3. The van der Waals surface area contributed by atoms with Crippen LogP contribution in [-0.2, 0) is 38.1 Å². The van der Waals surface area contributed by atoms with E-state index in [-0.39, 0.29) is 49.4 Å². The van der Waals surface area contributed by atoms with Crippen molar-refractivity contribution in [1.29, 1.82) is 0 Å². The van der Waals surface area contributed by atoms with Gasteiger partial charge in [0.25, 0.3) is 0 Å². The molecule has 0 aromatic carbocycles. The van der Waals surface area contributed by atoms with Crippen LogP contribution in [0.1, 0.15) is 40.5 Å². The molecule has 0 radical (unpaired) electrons. The zero-order valence-corrected chi connectivity index (χ0v) is 13.3. The summed E-state index contributed by atoms with van der Waals surface area (Å²) in [5, 5.41) is 0. The molecule has 0 aromatic heterocycles. The van der Waals surface area contributed by atoms with Crippen LogP contribution in [0.25, 0.3) is 0 Å². The van der Waals surface area contributed by atoms with Crippen LogP contribution in [0.5, 0.6) is 0 Å². The zero-order valence-electron chi connectivity index (χ0n) is 13.3. The SMILES string of the molecule is CCOC(=O)CC(CC(=O)OCC)(OC(C)=O)C(=O)OCC.[NaH]. The maximum absolute atomic E-state index is 12.2. The number of hydrogen-bond acceptors (Lipinski definition) is 8. The Balaban J connectivity index is 0. The van der Waals surface area contributed by atoms with Gasteiger partial charge in [0.15, 0.2) is 0 Å². The van der Waals surface area contributed by atoms with Crippen LogP contribution in [0.15, 0.2) is 0 Å². The molecule has 0 saturated heterocycles. The molecular formula is C14H23NaO8. The molecule has 8 nitrogen and oxygen atoms in total. The van der Waals surface area contributed by atoms with Crippen LogP contribution in [0, 0.1) is 0 Å². The molecule has 0 amide bonds. The third-order valence-electron chi connectivity index (χ3n) is 2.46. The Morgan fingerprint density at radius 3 is 1.48 bits per heavy atom. The Morgan fingerprint density at radius 2 is 1.17 bits per heavy atom. The Morgan fingerprint density at radius 1 is 0.783 bits per heavy atom. The monoisotopic (exact) mass is 342 g/mol. The van der Waals surface area contributed by atoms with Gasteiger partial charge in [-0.2, -0.15) is 0 Å². The van der Waals surface area contributed by atoms with Crippen molar-refractivity contribution in [3.8, 4) is 0 Å². The Kier molecular flexibility index (Phi) is 12.9. The van der Waals surface area contributed by atoms with E-state index in [1.54, 1.807) is 20.8 Å². The van der Waals surface area contributed by atoms with E-state index in [1.165, 1.54) is 0 Å². The van der Waals surface area contributed by atoms with Crippen molar-refractivity contribution in [3.63, 3.8) is 0 Å². The summed E-state index contributed by atoms with van der Waals surface area (Å²) >= 11 is 0. The predicted octanol–water partition coefficient (Wildman–Crippen LogP) is 0.109. The number of hydrogen-bond donors (Lipinski definition) is 0. The van der Waals surface area contributed by atoms with Gasteiger partial charge in [-0.3, -0.25) is 14.4 Å². The van der Waals surface area contributed by atoms with Gasteiger partial charge in [0.1, 0.15) is 0 Å². The van der Waals surface area contributed by atoms with E-state index in [1.807, 2.05) is 0 Å². The van der Waals surface area contributed by atoms with Crippen molar-refractivity contribution in [2.75, 3.05) is 19.8 Å². The molecule has 0 aliphatic rings. The molecule has 0 N–H and O–H groups in total. The molecule has 9 heteroatoms. The fourth-order valence-electron chi connectivity index (χ4n) is 1.75. The van der Waals surface area contributed by atoms with Crippen LogP contribution < -0.4 is 0 Å². The maximum atomic E-state index is 12.2. The van der Waals surface area contributed by atoms with Crippen molar-refractivity contribution in [2.24, 2.45) is 0 Å². The van der Waals surface area contributed by atoms with E-state index in [0.717, 1.165) is 6.92 Å². The normalized spacial score (nSPS) is 10.1. The molecule has 0 spiro atoms. The minimum atomic E-state index is -2.08. The standard InChI is InChI=1S/C14H22O8.Na.H/c1-5-19-11(16)8-14(22-10(4)15,13(18)21-7-3)9-12(17)20-6-2;;/h5-9H2,1-4H3;;. The van der Waals surface area contributed by atoms with E-state index in [4.69, 9.17) is 18.9 Å². The summed E-state index contributed by atoms with van der Waals surface area (Å²) in [5.41, 5.74) is -2.08. The zero-order chi connectivity index (χ0) is 17.2. The fourth-order valence-corrected chi connectivity index (χ4v) is 1.75. The van der Waals surface area contributed by atoms with Gasteiger partial charge in [-0.1, -0.05) is 0 Å². The quantitative estimate of drug-likeness (QED) is 0.330. The minimum absolute atomic E-state index is 0. The number of ether oxygens (including phenoxy) is 4. The summed E-state index contributed by atoms with van der Waals surface area (Å²) in [4.78, 5) is 46.9. The third-order valence-corrected chi connectivity index (χ3v) is 2.46. The van der Waals surface area contributed by atoms with Gasteiger partial charge < -0.3 is 18.9 Å². The van der Waals surface area contributed by atoms with E-state index >= 15 is 0 Å². The van der Waals surface area contributed by atoms with Gasteiger partial charge in [0.05, 0.1) is 32.7 Å². The molecule has 0 aromatic rings. The molecule has 0 heterocycles. The van der Waals surface area contributed by atoms with Gasteiger partial charge in [0.2, 0.25) is 5.60 Å². The van der Waals surface area contributed by atoms with E-state index in [9.17, 15) is 19.2 Å². The first-order chi connectivity index (χ1) is 10.3. The molecule has 23 heavy (non-hydrogen) atoms. The van der Waals surface area contributed by atoms with Crippen molar-refractivity contribution in [3.05, 3.63) is 0 Å². The topological polar surface area (TPSA) is 105 Å². The summed E-state index contributed by atoms with van der Waals surface area (Å²) < 4.78 is 19.3. The van der Waals surface area contributed by atoms with Gasteiger partial charge in [0, 0.05) is 6.92 Å². The Labute approximate surface area is 157 Å². The Bertz CT molecular complexity index is 401. The second-order valence-electron chi connectivity index (χ2n) is 4.27. The number of carbonyl (C=O) groups excluding carboxylic acids is 4. The average molecular weight is 342 g/mol. The van der Waals surface area contributed by atoms with Crippen molar-refractivity contribution in [1.82, 2.24) is 0 Å². The average Bonchev–Trinajstić information content (AvgIpc) is 2.38. The molecule has 0 unspecified atom stereocenters. The predicted molar refractivity (Wildman–Crippen MR) is 80.8 cm³/mol. The summed E-state index contributed by atoms with van der Waals surface area (Å²) in [7, 11) is 0. The van der Waals surface area contributed by atoms with Crippen LogP contribution in [-0.4, -0.2) is 78.9 Å². The molecule has 0 atom stereocenters. The summed E-state index contributed by atoms with van der Waals surface area (Å²) in [6.45, 7) is 5.93. The summed E-state index contributed by atoms with van der Waals surface area (Å²) in [5.74, 6) is -3.41. The molecule has 0 saturated carbocycles. The van der Waals surface area contributed by atoms with Crippen LogP contribution in [0.4, 0.5) is 0 Å². The molecule has 0 bridgehead atoms. The van der Waals surface area contributed by atoms with Crippen LogP contribution >= 0.6 is 0 Å². The second-order valence-corrected chi connectivity index (χ2v) is 4.27. The first-order valence-electron chi connectivity index (χ1n) is 6.99. The molecule has 0 rings (SSSR count). The summed E-state index contributed by atoms with van der Waals surface area (Å²) in [6, 6.07) is 0. The summed E-state index contributed by atoms with van der Waals surface area (Å²) in [6.07, 6.45) is -1.25. The molecule has 128 valence electrons. The van der Waals surface area contributed by atoms with Crippen molar-refractivity contribution < 1.29 is 38.1 Å². The van der Waals surface area contributed by atoms with Crippen molar-refractivity contribution in [2.45, 2.75) is 46.1 Å². The van der Waals surface area contributed by atoms with Gasteiger partial charge >= 0.3 is 53.4 Å². The fraction of sp³-hybridized carbons (Fsp3) is 0.714. The number of esters is 4. The molecule has 0 aliphatic carbocycles. The first kappa shape index (κ1) is 24.1. The first-order valence-corrected chi connectivity index (χ1v) is 6.99. The van der Waals surface area contributed by atoms with Crippen LogP contribution in [0.3, 0.4) is 0 Å². The van der Waals surface area contributed by atoms with Crippen molar-refractivity contribution >= 4 is 53.4 Å². The molecular weight excluding hydrogens is 319 g/mol. The Hall–Kier alpha value is -1.12. The number of carbonyl (C=O) groups is 4. The van der Waals surface area contributed by atoms with E-state index in [2.05, 4.69) is 0 Å². The molecule has 0 fully saturated rings. The van der Waals surface area contributed by atoms with Gasteiger partial charge in [-0.25, -0.2) is 4.79 Å².